The number of benzene rings is 2. The van der Waals surface area contributed by atoms with Gasteiger partial charge in [-0.05, 0) is 49.8 Å². The third-order valence-corrected chi connectivity index (χ3v) is 8.79. The molecule has 1 radical (unpaired) electrons. The number of fused-ring (bicyclic) bond motifs is 1. The molecule has 0 fully saturated rings. The molecule has 1 aromatic heterocycles. The van der Waals surface area contributed by atoms with E-state index in [-0.39, 0.29) is 12.2 Å². The second-order valence-electron chi connectivity index (χ2n) is 8.31. The Morgan fingerprint density at radius 2 is 1.88 bits per heavy atom. The molecular formula is C24H31ClN2O4SSi+. The number of nitrogens with zero attached hydrogens (tertiary/aromatic N) is 2. The predicted molar refractivity (Wildman–Crippen MR) is 138 cm³/mol. The minimum atomic E-state index is -4.02. The first-order valence-corrected chi connectivity index (χ1v) is 15.6. The molecule has 33 heavy (non-hydrogen) atoms. The fourth-order valence-corrected chi connectivity index (χ4v) is 5.39. The van der Waals surface area contributed by atoms with Crippen LogP contribution in [0, 0.1) is 0 Å². The Kier molecular flexibility index (Phi) is 8.39. The van der Waals surface area contributed by atoms with Crippen LogP contribution in [-0.2, 0) is 16.7 Å². The highest BCUT2D eigenvalue weighted by Crippen LogP contribution is 2.22. The number of hydrogen-bond donors (Lipinski definition) is 1. The van der Waals surface area contributed by atoms with E-state index < -0.39 is 18.9 Å². The van der Waals surface area contributed by atoms with Crippen LogP contribution < -0.4 is 9.47 Å². The Labute approximate surface area is 202 Å². The van der Waals surface area contributed by atoms with Gasteiger partial charge >= 0.3 is 5.89 Å². The lowest BCUT2D eigenvalue weighted by atomic mass is 10.2. The number of halogens is 1. The first-order chi connectivity index (χ1) is 15.6. The van der Waals surface area contributed by atoms with E-state index in [0.717, 1.165) is 17.6 Å². The molecule has 1 heterocycles. The summed E-state index contributed by atoms with van der Waals surface area (Å²) in [5.74, 6) is 0.266. The van der Waals surface area contributed by atoms with Gasteiger partial charge in [0.15, 0.2) is 6.54 Å². The highest BCUT2D eigenvalue weighted by molar-refractivity contribution is 7.85. The molecule has 3 aromatic rings. The summed E-state index contributed by atoms with van der Waals surface area (Å²) in [4.78, 5) is 2.44. The van der Waals surface area contributed by atoms with Crippen LogP contribution in [-0.4, -0.2) is 39.7 Å². The van der Waals surface area contributed by atoms with Crippen LogP contribution in [0.3, 0.4) is 0 Å². The van der Waals surface area contributed by atoms with Crippen molar-refractivity contribution in [2.75, 3.05) is 17.2 Å². The molecule has 0 aliphatic rings. The molecule has 0 bridgehead atoms. The first kappa shape index (κ1) is 25.5. The topological polar surface area (TPSA) is 74.6 Å². The Morgan fingerprint density at radius 3 is 2.48 bits per heavy atom. The maximum atomic E-state index is 11.1. The molecule has 0 saturated carbocycles. The fourth-order valence-electron chi connectivity index (χ4n) is 3.77. The van der Waals surface area contributed by atoms with E-state index in [9.17, 15) is 8.42 Å². The Bertz CT molecular complexity index is 1220. The molecule has 0 aliphatic heterocycles. The minimum absolute atomic E-state index is 0.253. The van der Waals surface area contributed by atoms with Gasteiger partial charge in [0.25, 0.3) is 15.6 Å². The van der Waals surface area contributed by atoms with Crippen LogP contribution in [0.15, 0.2) is 46.9 Å². The van der Waals surface area contributed by atoms with Crippen LogP contribution in [0.4, 0.5) is 5.69 Å². The van der Waals surface area contributed by atoms with E-state index in [2.05, 4.69) is 56.1 Å². The van der Waals surface area contributed by atoms with E-state index >= 15 is 0 Å². The minimum Gasteiger partial charge on any atom is -0.398 e. The zero-order valence-electron chi connectivity index (χ0n) is 19.5. The lowest BCUT2D eigenvalue weighted by molar-refractivity contribution is -0.677. The summed E-state index contributed by atoms with van der Waals surface area (Å²) in [5.41, 5.74) is 4.23. The molecule has 0 aliphatic carbocycles. The number of rotatable bonds is 10. The van der Waals surface area contributed by atoms with Crippen LogP contribution in [0.25, 0.3) is 23.3 Å². The van der Waals surface area contributed by atoms with Crippen molar-refractivity contribution in [3.8, 4) is 0 Å². The van der Waals surface area contributed by atoms with Gasteiger partial charge in [-0.25, -0.2) is 0 Å². The van der Waals surface area contributed by atoms with E-state index in [0.29, 0.717) is 28.7 Å². The number of aryl methyl sites for hydroxylation is 1. The van der Waals surface area contributed by atoms with E-state index in [1.807, 2.05) is 16.7 Å². The van der Waals surface area contributed by atoms with Gasteiger partial charge in [-0.2, -0.15) is 13.0 Å². The summed E-state index contributed by atoms with van der Waals surface area (Å²) < 4.78 is 39.2. The second-order valence-corrected chi connectivity index (χ2v) is 13.3. The first-order valence-electron chi connectivity index (χ1n) is 11.0. The third kappa shape index (κ3) is 6.69. The molecule has 2 aromatic carbocycles. The second kappa shape index (κ2) is 10.9. The summed E-state index contributed by atoms with van der Waals surface area (Å²) in [6.07, 6.45) is 4.09. The summed E-state index contributed by atoms with van der Waals surface area (Å²) in [6.45, 7) is 10.5. The van der Waals surface area contributed by atoms with Crippen molar-refractivity contribution in [3.63, 3.8) is 0 Å². The summed E-state index contributed by atoms with van der Waals surface area (Å²) in [5, 5.41) is 0.566. The van der Waals surface area contributed by atoms with Gasteiger partial charge in [-0.3, -0.25) is 4.55 Å². The molecule has 6 nitrogen and oxygen atoms in total. The van der Waals surface area contributed by atoms with E-state index in [4.69, 9.17) is 20.6 Å². The van der Waals surface area contributed by atoms with Crippen molar-refractivity contribution in [2.45, 2.75) is 45.6 Å². The van der Waals surface area contributed by atoms with Gasteiger partial charge in [0.2, 0.25) is 5.58 Å². The molecular weight excluding hydrogens is 476 g/mol. The van der Waals surface area contributed by atoms with Gasteiger partial charge in [-0.1, -0.05) is 36.8 Å². The van der Waals surface area contributed by atoms with E-state index in [1.54, 1.807) is 18.2 Å². The van der Waals surface area contributed by atoms with Crippen LogP contribution in [0.2, 0.25) is 18.1 Å². The normalized spacial score (nSPS) is 13.3. The lowest BCUT2D eigenvalue weighted by Crippen LogP contribution is -2.41. The highest BCUT2D eigenvalue weighted by atomic mass is 35.5. The van der Waals surface area contributed by atoms with Crippen molar-refractivity contribution < 1.29 is 22.0 Å². The molecule has 3 rings (SSSR count). The van der Waals surface area contributed by atoms with E-state index in [1.165, 1.54) is 5.69 Å². The van der Waals surface area contributed by atoms with Crippen molar-refractivity contribution >= 4 is 59.5 Å². The molecule has 1 N–H and O–H groups in total. The predicted octanol–water partition coefficient (Wildman–Crippen LogP) is 5.33. The fraction of sp³-hybridized carbons (Fsp3) is 0.375. The number of aromatic nitrogens is 1. The molecule has 177 valence electrons. The van der Waals surface area contributed by atoms with Crippen molar-refractivity contribution in [1.82, 2.24) is 0 Å². The van der Waals surface area contributed by atoms with Crippen molar-refractivity contribution in [2.24, 2.45) is 0 Å². The number of anilines is 1. The molecule has 1 unspecified atom stereocenters. The zero-order chi connectivity index (χ0) is 24.2. The number of hydrogen-bond acceptors (Lipinski definition) is 4. The molecule has 1 atom stereocenters. The maximum absolute atomic E-state index is 11.1. The Hall–Kier alpha value is -2.13. The Morgan fingerprint density at radius 1 is 1.18 bits per heavy atom. The largest absolute Gasteiger partial charge is 0.398 e. The van der Waals surface area contributed by atoms with Gasteiger partial charge in [0.1, 0.15) is 0 Å². The molecule has 0 saturated heterocycles. The van der Waals surface area contributed by atoms with Gasteiger partial charge < -0.3 is 9.32 Å². The molecule has 0 spiro atoms. The third-order valence-electron chi connectivity index (χ3n) is 5.76. The average Bonchev–Trinajstić information content (AvgIpc) is 3.09. The average molecular weight is 507 g/mol. The maximum Gasteiger partial charge on any atom is 0.374 e. The van der Waals surface area contributed by atoms with Crippen LogP contribution in [0.5, 0.6) is 0 Å². The van der Waals surface area contributed by atoms with Gasteiger partial charge in [0, 0.05) is 35.4 Å². The van der Waals surface area contributed by atoms with Crippen molar-refractivity contribution in [1.29, 1.82) is 0 Å². The smallest absolute Gasteiger partial charge is 0.374 e. The van der Waals surface area contributed by atoms with Gasteiger partial charge in [-0.15, -0.1) is 0 Å². The quantitative estimate of drug-likeness (QED) is 0.228. The summed E-state index contributed by atoms with van der Waals surface area (Å²) in [7, 11) is -4.45. The number of oxazole rings is 1. The monoisotopic (exact) mass is 506 g/mol. The standard InChI is InChI=1S/C24H30ClN2O4SSi/c1-5-26(18(2)33(3)4)21-11-7-19(8-12-21)9-14-24-27(15-6-16-32(28,29)30)22-17-20(25)10-13-23(22)31-24/h7-14,17-18H,5-6,15-16H2,1-4H3/p+1. The summed E-state index contributed by atoms with van der Waals surface area (Å²) >= 11 is 6.16. The molecule has 0 amide bonds. The summed E-state index contributed by atoms with van der Waals surface area (Å²) in [6, 6.07) is 13.8. The lowest BCUT2D eigenvalue weighted by Gasteiger charge is -2.32. The molecule has 9 heteroatoms. The van der Waals surface area contributed by atoms with Crippen molar-refractivity contribution in [3.05, 3.63) is 58.9 Å². The Balaban J connectivity index is 1.86. The highest BCUT2D eigenvalue weighted by Gasteiger charge is 2.22. The zero-order valence-corrected chi connectivity index (χ0v) is 22.0. The van der Waals surface area contributed by atoms with Gasteiger partial charge in [0.05, 0.1) is 20.6 Å². The van der Waals surface area contributed by atoms with Crippen LogP contribution in [0.1, 0.15) is 31.7 Å². The van der Waals surface area contributed by atoms with Crippen LogP contribution >= 0.6 is 11.6 Å². The SMILES string of the molecule is CCN(c1ccc(/C=C/c2oc3ccc(Cl)cc3[n+]2CCCS(=O)(=O)O)cc1)C(C)[Si](C)C.